The lowest BCUT2D eigenvalue weighted by Gasteiger charge is -2.03. The fraction of sp³-hybridized carbons (Fsp3) is 0. The minimum atomic E-state index is -0.175. The second-order valence-electron chi connectivity index (χ2n) is 3.35. The van der Waals surface area contributed by atoms with Crippen LogP contribution in [0.25, 0.3) is 0 Å². The van der Waals surface area contributed by atoms with Gasteiger partial charge in [-0.05, 0) is 36.4 Å². The molecule has 0 radical (unpaired) electrons. The predicted octanol–water partition coefficient (Wildman–Crippen LogP) is 3.39. The van der Waals surface area contributed by atoms with Gasteiger partial charge in [-0.1, -0.05) is 28.1 Å². The SMILES string of the molecule is O=C(c1ccc(Br)cc1)c1ccccc1O. The molecule has 2 nitrogen and oxygen atoms in total. The van der Waals surface area contributed by atoms with Gasteiger partial charge in [-0.25, -0.2) is 0 Å². The Morgan fingerprint density at radius 1 is 1.00 bits per heavy atom. The third-order valence-corrected chi connectivity index (χ3v) is 2.78. The molecule has 2 aromatic carbocycles. The number of phenolic OH excluding ortho intramolecular Hbond substituents is 1. The zero-order valence-electron chi connectivity index (χ0n) is 8.35. The Balaban J connectivity index is 2.40. The van der Waals surface area contributed by atoms with Crippen molar-refractivity contribution in [3.63, 3.8) is 0 Å². The molecule has 0 amide bonds. The van der Waals surface area contributed by atoms with Crippen LogP contribution in [0.3, 0.4) is 0 Å². The van der Waals surface area contributed by atoms with Gasteiger partial charge < -0.3 is 5.11 Å². The summed E-state index contributed by atoms with van der Waals surface area (Å²) in [5, 5.41) is 9.57. The highest BCUT2D eigenvalue weighted by atomic mass is 79.9. The van der Waals surface area contributed by atoms with Crippen molar-refractivity contribution in [3.05, 3.63) is 64.1 Å². The van der Waals surface area contributed by atoms with Crippen LogP contribution in [0.2, 0.25) is 0 Å². The minimum absolute atomic E-state index is 0.00965. The van der Waals surface area contributed by atoms with E-state index in [4.69, 9.17) is 0 Å². The summed E-state index contributed by atoms with van der Waals surface area (Å²) in [5.74, 6) is -0.166. The van der Waals surface area contributed by atoms with E-state index in [1.807, 2.05) is 0 Å². The lowest BCUT2D eigenvalue weighted by Crippen LogP contribution is -2.00. The van der Waals surface area contributed by atoms with Gasteiger partial charge in [-0.3, -0.25) is 4.79 Å². The standard InChI is InChI=1S/C13H9BrO2/c14-10-7-5-9(6-8-10)13(16)11-3-1-2-4-12(11)15/h1-8,15H. The van der Waals surface area contributed by atoms with Gasteiger partial charge in [-0.15, -0.1) is 0 Å². The van der Waals surface area contributed by atoms with Gasteiger partial charge in [0.05, 0.1) is 5.56 Å². The molecule has 0 atom stereocenters. The maximum atomic E-state index is 12.0. The molecule has 2 rings (SSSR count). The van der Waals surface area contributed by atoms with Crippen molar-refractivity contribution in [1.82, 2.24) is 0 Å². The molecular formula is C13H9BrO2. The number of para-hydroxylation sites is 1. The second-order valence-corrected chi connectivity index (χ2v) is 4.27. The highest BCUT2D eigenvalue weighted by Crippen LogP contribution is 2.20. The molecule has 0 unspecified atom stereocenters. The van der Waals surface area contributed by atoms with Crippen molar-refractivity contribution < 1.29 is 9.90 Å². The Morgan fingerprint density at radius 3 is 2.25 bits per heavy atom. The number of benzene rings is 2. The van der Waals surface area contributed by atoms with Gasteiger partial charge in [0.25, 0.3) is 0 Å². The Labute approximate surface area is 102 Å². The summed E-state index contributed by atoms with van der Waals surface area (Å²) in [5.41, 5.74) is 0.884. The van der Waals surface area contributed by atoms with E-state index in [9.17, 15) is 9.90 Å². The molecule has 0 aromatic heterocycles. The largest absolute Gasteiger partial charge is 0.507 e. The molecule has 0 heterocycles. The van der Waals surface area contributed by atoms with Crippen LogP contribution in [-0.4, -0.2) is 10.9 Å². The maximum Gasteiger partial charge on any atom is 0.196 e. The fourth-order valence-electron chi connectivity index (χ4n) is 1.42. The van der Waals surface area contributed by atoms with Crippen molar-refractivity contribution in [1.29, 1.82) is 0 Å². The number of ketones is 1. The van der Waals surface area contributed by atoms with Gasteiger partial charge in [0, 0.05) is 10.0 Å². The minimum Gasteiger partial charge on any atom is -0.507 e. The number of halogens is 1. The van der Waals surface area contributed by atoms with Crippen LogP contribution >= 0.6 is 15.9 Å². The van der Waals surface area contributed by atoms with Crippen LogP contribution in [0.5, 0.6) is 5.75 Å². The second kappa shape index (κ2) is 4.49. The number of carbonyl (C=O) groups is 1. The summed E-state index contributed by atoms with van der Waals surface area (Å²) >= 11 is 3.30. The first-order chi connectivity index (χ1) is 7.68. The predicted molar refractivity (Wildman–Crippen MR) is 65.7 cm³/mol. The molecule has 0 fully saturated rings. The van der Waals surface area contributed by atoms with Crippen LogP contribution in [0, 0.1) is 0 Å². The first-order valence-electron chi connectivity index (χ1n) is 4.77. The summed E-state index contributed by atoms with van der Waals surface area (Å²) in [6, 6.07) is 13.6. The van der Waals surface area contributed by atoms with Gasteiger partial charge >= 0.3 is 0 Å². The first kappa shape index (κ1) is 10.9. The number of aromatic hydroxyl groups is 1. The smallest absolute Gasteiger partial charge is 0.196 e. The summed E-state index contributed by atoms with van der Waals surface area (Å²) in [7, 11) is 0. The Bertz CT molecular complexity index is 518. The van der Waals surface area contributed by atoms with Crippen LogP contribution in [0.1, 0.15) is 15.9 Å². The summed E-state index contributed by atoms with van der Waals surface area (Å²) < 4.78 is 0.918. The van der Waals surface area contributed by atoms with E-state index in [0.29, 0.717) is 11.1 Å². The highest BCUT2D eigenvalue weighted by molar-refractivity contribution is 9.10. The van der Waals surface area contributed by atoms with Crippen molar-refractivity contribution in [2.45, 2.75) is 0 Å². The molecule has 0 aliphatic heterocycles. The fourth-order valence-corrected chi connectivity index (χ4v) is 1.69. The van der Waals surface area contributed by atoms with Crippen molar-refractivity contribution in [3.8, 4) is 5.75 Å². The van der Waals surface area contributed by atoms with E-state index in [1.54, 1.807) is 42.5 Å². The van der Waals surface area contributed by atoms with E-state index in [1.165, 1.54) is 6.07 Å². The molecule has 0 spiro atoms. The molecular weight excluding hydrogens is 268 g/mol. The van der Waals surface area contributed by atoms with Crippen LogP contribution in [0.15, 0.2) is 53.0 Å². The van der Waals surface area contributed by atoms with Gasteiger partial charge in [-0.2, -0.15) is 0 Å². The molecule has 0 bridgehead atoms. The van der Waals surface area contributed by atoms with Crippen LogP contribution in [0.4, 0.5) is 0 Å². The summed E-state index contributed by atoms with van der Waals surface area (Å²) in [6.07, 6.45) is 0. The number of carbonyl (C=O) groups excluding carboxylic acids is 1. The van der Waals surface area contributed by atoms with Gasteiger partial charge in [0.1, 0.15) is 5.75 Å². The average molecular weight is 277 g/mol. The van der Waals surface area contributed by atoms with E-state index in [2.05, 4.69) is 15.9 Å². The molecule has 1 N–H and O–H groups in total. The maximum absolute atomic E-state index is 12.0. The Hall–Kier alpha value is -1.61. The molecule has 0 saturated carbocycles. The summed E-state index contributed by atoms with van der Waals surface area (Å²) in [6.45, 7) is 0. The van der Waals surface area contributed by atoms with E-state index in [-0.39, 0.29) is 11.5 Å². The molecule has 2 aromatic rings. The Kier molecular flexibility index (Phi) is 3.06. The molecule has 0 saturated heterocycles. The normalized spacial score (nSPS) is 10.1. The molecule has 3 heteroatoms. The Morgan fingerprint density at radius 2 is 1.62 bits per heavy atom. The zero-order valence-corrected chi connectivity index (χ0v) is 9.94. The number of hydrogen-bond donors (Lipinski definition) is 1. The van der Waals surface area contributed by atoms with Crippen molar-refractivity contribution in [2.75, 3.05) is 0 Å². The monoisotopic (exact) mass is 276 g/mol. The van der Waals surface area contributed by atoms with E-state index < -0.39 is 0 Å². The van der Waals surface area contributed by atoms with E-state index >= 15 is 0 Å². The highest BCUT2D eigenvalue weighted by Gasteiger charge is 2.12. The van der Waals surface area contributed by atoms with Crippen LogP contribution in [-0.2, 0) is 0 Å². The average Bonchev–Trinajstić information content (AvgIpc) is 2.30. The van der Waals surface area contributed by atoms with Crippen LogP contribution < -0.4 is 0 Å². The molecule has 0 aliphatic rings. The van der Waals surface area contributed by atoms with Gasteiger partial charge in [0.2, 0.25) is 0 Å². The number of hydrogen-bond acceptors (Lipinski definition) is 2. The zero-order chi connectivity index (χ0) is 11.5. The first-order valence-corrected chi connectivity index (χ1v) is 5.56. The third kappa shape index (κ3) is 2.14. The quantitative estimate of drug-likeness (QED) is 0.854. The summed E-state index contributed by atoms with van der Waals surface area (Å²) in [4.78, 5) is 12.0. The lowest BCUT2D eigenvalue weighted by molar-refractivity contribution is 0.103. The van der Waals surface area contributed by atoms with Crippen molar-refractivity contribution >= 4 is 21.7 Å². The molecule has 16 heavy (non-hydrogen) atoms. The topological polar surface area (TPSA) is 37.3 Å². The van der Waals surface area contributed by atoms with Crippen molar-refractivity contribution in [2.24, 2.45) is 0 Å². The lowest BCUT2D eigenvalue weighted by atomic mass is 10.0. The number of rotatable bonds is 2. The van der Waals surface area contributed by atoms with Gasteiger partial charge in [0.15, 0.2) is 5.78 Å². The third-order valence-electron chi connectivity index (χ3n) is 2.26. The molecule has 0 aliphatic carbocycles. The molecule has 80 valence electrons. The number of phenols is 1. The van der Waals surface area contributed by atoms with E-state index in [0.717, 1.165) is 4.47 Å².